The number of carbonyl (C=O) groups is 2. The lowest BCUT2D eigenvalue weighted by Crippen LogP contribution is -2.43. The highest BCUT2D eigenvalue weighted by Crippen LogP contribution is 2.26. The molecular weight excluding hydrogens is 386 g/mol. The van der Waals surface area contributed by atoms with Crippen LogP contribution in [-0.4, -0.2) is 63.0 Å². The zero-order valence-electron chi connectivity index (χ0n) is 15.8. The fourth-order valence-electron chi connectivity index (χ4n) is 3.42. The van der Waals surface area contributed by atoms with Crippen molar-refractivity contribution in [3.05, 3.63) is 30.0 Å². The molecule has 1 aromatic carbocycles. The number of hydrogen-bond donors (Lipinski definition) is 0. The summed E-state index contributed by atoms with van der Waals surface area (Å²) in [7, 11) is -1.54. The third-order valence-electron chi connectivity index (χ3n) is 4.86. The van der Waals surface area contributed by atoms with Crippen LogP contribution in [0, 0.1) is 0 Å². The van der Waals surface area contributed by atoms with Gasteiger partial charge in [0.1, 0.15) is 11.3 Å². The summed E-state index contributed by atoms with van der Waals surface area (Å²) in [4.78, 5) is 26.0. The van der Waals surface area contributed by atoms with Crippen LogP contribution >= 0.6 is 0 Å². The Morgan fingerprint density at radius 1 is 1.32 bits per heavy atom. The number of fused-ring (bicyclic) bond motifs is 1. The largest absolute Gasteiger partial charge is 0.497 e. The molecule has 0 unspecified atom stereocenters. The standard InChI is InChI=1S/C19H23NO7S/c1-3-20(14-6-7-28(23,24)12-14)18(21)11-27-19(22)8-13-10-26-17-9-15(25-2)4-5-16(13)17/h4-5,9-10,14H,3,6-8,11-12H2,1-2H3/t14-/m1/s1. The Morgan fingerprint density at radius 2 is 2.11 bits per heavy atom. The highest BCUT2D eigenvalue weighted by Gasteiger charge is 2.34. The van der Waals surface area contributed by atoms with E-state index in [0.717, 1.165) is 5.39 Å². The van der Waals surface area contributed by atoms with Gasteiger partial charge in [0, 0.05) is 29.6 Å². The van der Waals surface area contributed by atoms with Crippen LogP contribution in [0.4, 0.5) is 0 Å². The van der Waals surface area contributed by atoms with Gasteiger partial charge in [-0.3, -0.25) is 9.59 Å². The molecule has 0 bridgehead atoms. The van der Waals surface area contributed by atoms with Crippen LogP contribution in [0.1, 0.15) is 18.9 Å². The first-order valence-corrected chi connectivity index (χ1v) is 10.8. The van der Waals surface area contributed by atoms with E-state index in [1.165, 1.54) is 11.2 Å². The van der Waals surface area contributed by atoms with Gasteiger partial charge in [-0.25, -0.2) is 8.42 Å². The zero-order valence-corrected chi connectivity index (χ0v) is 16.7. The predicted molar refractivity (Wildman–Crippen MR) is 102 cm³/mol. The molecule has 1 aromatic heterocycles. The molecule has 1 aliphatic heterocycles. The Balaban J connectivity index is 1.57. The molecule has 0 saturated carbocycles. The Bertz CT molecular complexity index is 979. The molecule has 0 aliphatic carbocycles. The number of benzene rings is 1. The Labute approximate surface area is 163 Å². The minimum atomic E-state index is -3.10. The molecule has 1 amide bonds. The van der Waals surface area contributed by atoms with E-state index < -0.39 is 22.4 Å². The molecular formula is C19H23NO7S. The fraction of sp³-hybridized carbons (Fsp3) is 0.474. The number of sulfone groups is 1. The van der Waals surface area contributed by atoms with Gasteiger partial charge in [-0.05, 0) is 25.5 Å². The van der Waals surface area contributed by atoms with Crippen LogP contribution in [0.15, 0.2) is 28.9 Å². The lowest BCUT2D eigenvalue weighted by molar-refractivity contribution is -0.152. The highest BCUT2D eigenvalue weighted by molar-refractivity contribution is 7.91. The molecule has 8 nitrogen and oxygen atoms in total. The van der Waals surface area contributed by atoms with Gasteiger partial charge in [-0.1, -0.05) is 0 Å². The Hall–Kier alpha value is -2.55. The van der Waals surface area contributed by atoms with Crippen molar-refractivity contribution < 1.29 is 31.9 Å². The first-order valence-electron chi connectivity index (χ1n) is 9.02. The summed E-state index contributed by atoms with van der Waals surface area (Å²) in [6, 6.07) is 4.94. The van der Waals surface area contributed by atoms with Gasteiger partial charge in [-0.2, -0.15) is 0 Å². The van der Waals surface area contributed by atoms with Gasteiger partial charge >= 0.3 is 5.97 Å². The van der Waals surface area contributed by atoms with E-state index in [1.54, 1.807) is 32.2 Å². The molecule has 0 radical (unpaired) electrons. The van der Waals surface area contributed by atoms with Crippen molar-refractivity contribution in [2.75, 3.05) is 31.8 Å². The quantitative estimate of drug-likeness (QED) is 0.639. The Kier molecular flexibility index (Phi) is 5.93. The third-order valence-corrected chi connectivity index (χ3v) is 6.61. The van der Waals surface area contributed by atoms with Crippen molar-refractivity contribution in [2.24, 2.45) is 0 Å². The molecule has 1 atom stereocenters. The lowest BCUT2D eigenvalue weighted by atomic mass is 10.1. The van der Waals surface area contributed by atoms with Gasteiger partial charge in [0.05, 0.1) is 31.3 Å². The number of ether oxygens (including phenoxy) is 2. The van der Waals surface area contributed by atoms with E-state index in [9.17, 15) is 18.0 Å². The van der Waals surface area contributed by atoms with Gasteiger partial charge in [-0.15, -0.1) is 0 Å². The SMILES string of the molecule is CCN(C(=O)COC(=O)Cc1coc2cc(OC)ccc12)[C@@H]1CCS(=O)(=O)C1. The second kappa shape index (κ2) is 8.22. The summed E-state index contributed by atoms with van der Waals surface area (Å²) in [5, 5.41) is 0.774. The minimum absolute atomic E-state index is 0.0312. The molecule has 0 spiro atoms. The van der Waals surface area contributed by atoms with Crippen molar-refractivity contribution in [1.29, 1.82) is 0 Å². The number of amides is 1. The smallest absolute Gasteiger partial charge is 0.310 e. The molecule has 3 rings (SSSR count). The van der Waals surface area contributed by atoms with Crippen LogP contribution in [0.5, 0.6) is 5.75 Å². The average Bonchev–Trinajstić information content (AvgIpc) is 3.23. The number of nitrogens with zero attached hydrogens (tertiary/aromatic N) is 1. The van der Waals surface area contributed by atoms with Crippen molar-refractivity contribution in [1.82, 2.24) is 4.90 Å². The number of methoxy groups -OCH3 is 1. The van der Waals surface area contributed by atoms with Crippen LogP contribution in [0.2, 0.25) is 0 Å². The van der Waals surface area contributed by atoms with Crippen molar-refractivity contribution in [2.45, 2.75) is 25.8 Å². The van der Waals surface area contributed by atoms with E-state index in [2.05, 4.69) is 0 Å². The molecule has 1 aliphatic rings. The van der Waals surface area contributed by atoms with Crippen LogP contribution in [0.25, 0.3) is 11.0 Å². The van der Waals surface area contributed by atoms with Crippen molar-refractivity contribution in [3.63, 3.8) is 0 Å². The zero-order chi connectivity index (χ0) is 20.3. The lowest BCUT2D eigenvalue weighted by Gasteiger charge is -2.26. The maximum absolute atomic E-state index is 12.4. The van der Waals surface area contributed by atoms with Crippen LogP contribution in [-0.2, 0) is 30.6 Å². The first-order chi connectivity index (χ1) is 13.3. The second-order valence-corrected chi connectivity index (χ2v) is 8.93. The minimum Gasteiger partial charge on any atom is -0.497 e. The van der Waals surface area contributed by atoms with Crippen LogP contribution < -0.4 is 4.74 Å². The molecule has 2 heterocycles. The van der Waals surface area contributed by atoms with Crippen molar-refractivity contribution in [3.8, 4) is 5.75 Å². The number of esters is 1. The average molecular weight is 409 g/mol. The van der Waals surface area contributed by atoms with Gasteiger partial charge in [0.2, 0.25) is 0 Å². The Morgan fingerprint density at radius 3 is 2.75 bits per heavy atom. The summed E-state index contributed by atoms with van der Waals surface area (Å²) < 4.78 is 39.0. The monoisotopic (exact) mass is 409 g/mol. The number of carbonyl (C=O) groups excluding carboxylic acids is 2. The van der Waals surface area contributed by atoms with E-state index in [1.807, 2.05) is 0 Å². The third kappa shape index (κ3) is 4.46. The normalized spacial score (nSPS) is 18.1. The predicted octanol–water partition coefficient (Wildman–Crippen LogP) is 1.56. The molecule has 0 N–H and O–H groups in total. The number of likely N-dealkylation sites (N-methyl/N-ethyl adjacent to an activating group) is 1. The van der Waals surface area contributed by atoms with E-state index in [-0.39, 0.29) is 29.9 Å². The molecule has 1 saturated heterocycles. The van der Waals surface area contributed by atoms with Gasteiger partial charge in [0.15, 0.2) is 16.4 Å². The molecule has 152 valence electrons. The number of hydrogen-bond acceptors (Lipinski definition) is 7. The van der Waals surface area contributed by atoms with E-state index in [4.69, 9.17) is 13.9 Å². The summed E-state index contributed by atoms with van der Waals surface area (Å²) in [5.41, 5.74) is 1.25. The number of rotatable bonds is 7. The summed E-state index contributed by atoms with van der Waals surface area (Å²) in [5.74, 6) is -0.248. The summed E-state index contributed by atoms with van der Waals surface area (Å²) >= 11 is 0. The highest BCUT2D eigenvalue weighted by atomic mass is 32.2. The van der Waals surface area contributed by atoms with Gasteiger partial charge in [0.25, 0.3) is 5.91 Å². The number of furan rings is 1. The molecule has 2 aromatic rings. The fourth-order valence-corrected chi connectivity index (χ4v) is 5.15. The first kappa shape index (κ1) is 20.2. The maximum atomic E-state index is 12.4. The maximum Gasteiger partial charge on any atom is 0.310 e. The molecule has 9 heteroatoms. The summed E-state index contributed by atoms with van der Waals surface area (Å²) in [6.07, 6.45) is 1.87. The van der Waals surface area contributed by atoms with Crippen molar-refractivity contribution >= 4 is 32.7 Å². The molecule has 1 fully saturated rings. The van der Waals surface area contributed by atoms with Crippen LogP contribution in [0.3, 0.4) is 0 Å². The second-order valence-electron chi connectivity index (χ2n) is 6.70. The van der Waals surface area contributed by atoms with E-state index in [0.29, 0.717) is 29.9 Å². The molecule has 28 heavy (non-hydrogen) atoms. The van der Waals surface area contributed by atoms with E-state index >= 15 is 0 Å². The van der Waals surface area contributed by atoms with Gasteiger partial charge < -0.3 is 18.8 Å². The topological polar surface area (TPSA) is 103 Å². The summed E-state index contributed by atoms with van der Waals surface area (Å²) in [6.45, 7) is 1.73.